The summed E-state index contributed by atoms with van der Waals surface area (Å²) in [7, 11) is 0. The minimum Gasteiger partial charge on any atom is -0.481 e. The van der Waals surface area contributed by atoms with E-state index >= 15 is 0 Å². The van der Waals surface area contributed by atoms with Crippen molar-refractivity contribution in [1.82, 2.24) is 16.1 Å². The Hall–Kier alpha value is -2.28. The maximum Gasteiger partial charge on any atom is 0.322 e. The van der Waals surface area contributed by atoms with Gasteiger partial charge in [-0.3, -0.25) is 25.0 Å². The molecule has 0 spiro atoms. The predicted octanol–water partition coefficient (Wildman–Crippen LogP) is 3.87. The molecule has 43 heavy (non-hydrogen) atoms. The first kappa shape index (κ1) is 40.7. The molecule has 252 valence electrons. The summed E-state index contributed by atoms with van der Waals surface area (Å²) in [5, 5.41) is 42.1. The van der Waals surface area contributed by atoms with E-state index in [-0.39, 0.29) is 24.7 Å². The number of aliphatic hydroxyl groups excluding tert-OH is 1. The van der Waals surface area contributed by atoms with Gasteiger partial charge in [-0.2, -0.15) is 0 Å². The van der Waals surface area contributed by atoms with Crippen LogP contribution in [0.5, 0.6) is 0 Å². The number of aliphatic carboxylic acids is 2. The maximum absolute atomic E-state index is 12.2. The Morgan fingerprint density at radius 2 is 1.02 bits per heavy atom. The number of hydrogen-bond donors (Lipinski definition) is 8. The van der Waals surface area contributed by atoms with E-state index in [1.54, 1.807) is 0 Å². The van der Waals surface area contributed by atoms with Crippen molar-refractivity contribution in [2.75, 3.05) is 6.54 Å². The number of hydrogen-bond acceptors (Lipinski definition) is 8. The van der Waals surface area contributed by atoms with E-state index in [0.29, 0.717) is 38.6 Å². The van der Waals surface area contributed by atoms with Gasteiger partial charge in [0.15, 0.2) is 6.29 Å². The van der Waals surface area contributed by atoms with Crippen LogP contribution in [-0.2, 0) is 19.2 Å². The number of nitrogens with two attached hydrogens (primary N) is 1. The summed E-state index contributed by atoms with van der Waals surface area (Å²) in [5.74, 6) is 2.93. The first-order chi connectivity index (χ1) is 20.7. The first-order valence-corrected chi connectivity index (χ1v) is 16.5. The zero-order valence-corrected chi connectivity index (χ0v) is 26.2. The van der Waals surface area contributed by atoms with Crippen LogP contribution in [0.25, 0.3) is 0 Å². The molecule has 0 bridgehead atoms. The Balaban J connectivity index is 3.67. The number of unbranched alkanes of at least 4 members (excludes halogenated alkanes) is 16. The zero-order chi connectivity index (χ0) is 32.1. The van der Waals surface area contributed by atoms with Gasteiger partial charge in [-0.1, -0.05) is 89.9 Å². The van der Waals surface area contributed by atoms with Gasteiger partial charge < -0.3 is 31.1 Å². The minimum absolute atomic E-state index is 0.0300. The molecule has 12 heteroatoms. The highest BCUT2D eigenvalue weighted by Crippen LogP contribution is 2.14. The predicted molar refractivity (Wildman–Crippen MR) is 166 cm³/mol. The Morgan fingerprint density at radius 3 is 1.44 bits per heavy atom. The highest BCUT2D eigenvalue weighted by molar-refractivity contribution is 5.77. The Bertz CT molecular complexity index is 739. The van der Waals surface area contributed by atoms with Crippen molar-refractivity contribution in [2.45, 2.75) is 166 Å². The maximum atomic E-state index is 12.2. The van der Waals surface area contributed by atoms with E-state index in [0.717, 1.165) is 44.9 Å². The standard InChI is InChI=1S/C31H60N4O8/c32-35-26(31(42)43)19-17-18-24-33-27(36)23-22-25(30(40)41)34-28(37)20-15-13-11-9-7-5-3-1-2-4-6-8-10-12-14-16-21-29(38)39/h25-26,30,35,40-41H,1-24,32H2,(H,33,36)(H,34,37)(H,38,39)(H,42,43). The second-order valence-corrected chi connectivity index (χ2v) is 11.6. The lowest BCUT2D eigenvalue weighted by Crippen LogP contribution is -2.44. The third-order valence-corrected chi connectivity index (χ3v) is 7.67. The fourth-order valence-corrected chi connectivity index (χ4v) is 4.97. The van der Waals surface area contributed by atoms with Gasteiger partial charge in [0, 0.05) is 25.8 Å². The van der Waals surface area contributed by atoms with E-state index in [1.165, 1.54) is 57.8 Å². The Labute approximate surface area is 257 Å². The highest BCUT2D eigenvalue weighted by atomic mass is 16.5. The van der Waals surface area contributed by atoms with Gasteiger partial charge in [-0.15, -0.1) is 0 Å². The van der Waals surface area contributed by atoms with Gasteiger partial charge in [-0.25, -0.2) is 5.43 Å². The third kappa shape index (κ3) is 27.0. The summed E-state index contributed by atoms with van der Waals surface area (Å²) in [6, 6.07) is -1.74. The fraction of sp³-hybridized carbons (Fsp3) is 0.871. The van der Waals surface area contributed by atoms with Crippen LogP contribution >= 0.6 is 0 Å². The molecule has 0 aromatic carbocycles. The number of carbonyl (C=O) groups excluding carboxylic acids is 2. The minimum atomic E-state index is -1.75. The summed E-state index contributed by atoms with van der Waals surface area (Å²) in [6.07, 6.45) is 18.6. The van der Waals surface area contributed by atoms with Crippen molar-refractivity contribution in [2.24, 2.45) is 5.84 Å². The average Bonchev–Trinajstić information content (AvgIpc) is 2.95. The first-order valence-electron chi connectivity index (χ1n) is 16.5. The van der Waals surface area contributed by atoms with Crippen LogP contribution < -0.4 is 21.9 Å². The molecule has 2 unspecified atom stereocenters. The molecule has 0 aliphatic heterocycles. The van der Waals surface area contributed by atoms with Crippen LogP contribution in [0.1, 0.15) is 148 Å². The molecule has 0 aliphatic carbocycles. The molecule has 9 N–H and O–H groups in total. The molecule has 12 nitrogen and oxygen atoms in total. The van der Waals surface area contributed by atoms with Crippen molar-refractivity contribution in [3.8, 4) is 0 Å². The van der Waals surface area contributed by atoms with Crippen LogP contribution in [0.4, 0.5) is 0 Å². The average molecular weight is 617 g/mol. The number of hydrazine groups is 1. The van der Waals surface area contributed by atoms with Gasteiger partial charge in [0.1, 0.15) is 6.04 Å². The highest BCUT2D eigenvalue weighted by Gasteiger charge is 2.20. The van der Waals surface area contributed by atoms with E-state index in [2.05, 4.69) is 16.1 Å². The van der Waals surface area contributed by atoms with E-state index in [9.17, 15) is 29.4 Å². The van der Waals surface area contributed by atoms with Crippen LogP contribution in [-0.4, -0.2) is 69.1 Å². The summed E-state index contributed by atoms with van der Waals surface area (Å²) in [6.45, 7) is 0.370. The van der Waals surface area contributed by atoms with Crippen LogP contribution in [0, 0.1) is 0 Å². The van der Waals surface area contributed by atoms with Crippen molar-refractivity contribution >= 4 is 23.8 Å². The van der Waals surface area contributed by atoms with E-state index in [1.807, 2.05) is 0 Å². The van der Waals surface area contributed by atoms with Crippen molar-refractivity contribution in [1.29, 1.82) is 0 Å². The summed E-state index contributed by atoms with van der Waals surface area (Å²) >= 11 is 0. The number of carboxylic acid groups (broad SMARTS) is 2. The summed E-state index contributed by atoms with van der Waals surface area (Å²) < 4.78 is 0. The van der Waals surface area contributed by atoms with E-state index in [4.69, 9.17) is 16.1 Å². The monoisotopic (exact) mass is 616 g/mol. The molecule has 0 saturated carbocycles. The van der Waals surface area contributed by atoms with Crippen molar-refractivity contribution in [3.63, 3.8) is 0 Å². The van der Waals surface area contributed by atoms with Gasteiger partial charge >= 0.3 is 11.9 Å². The topological polar surface area (TPSA) is 211 Å². The number of nitrogens with one attached hydrogen (secondary N) is 3. The number of carbonyl (C=O) groups is 4. The van der Waals surface area contributed by atoms with Gasteiger partial charge in [-0.05, 0) is 38.5 Å². The lowest BCUT2D eigenvalue weighted by Gasteiger charge is -2.20. The molecule has 2 atom stereocenters. The fourth-order valence-electron chi connectivity index (χ4n) is 4.97. The molecule has 0 aromatic rings. The van der Waals surface area contributed by atoms with Crippen LogP contribution in [0.15, 0.2) is 0 Å². The molecular weight excluding hydrogens is 556 g/mol. The van der Waals surface area contributed by atoms with Crippen LogP contribution in [0.3, 0.4) is 0 Å². The third-order valence-electron chi connectivity index (χ3n) is 7.67. The quantitative estimate of drug-likeness (QED) is 0.0244. The molecule has 0 radical (unpaired) electrons. The normalized spacial score (nSPS) is 12.7. The van der Waals surface area contributed by atoms with Crippen molar-refractivity contribution < 1.29 is 39.6 Å². The van der Waals surface area contributed by atoms with Crippen molar-refractivity contribution in [3.05, 3.63) is 0 Å². The van der Waals surface area contributed by atoms with E-state index < -0.39 is 30.3 Å². The molecule has 2 amide bonds. The van der Waals surface area contributed by atoms with Gasteiger partial charge in [0.2, 0.25) is 11.8 Å². The number of amides is 2. The molecule has 0 heterocycles. The summed E-state index contributed by atoms with van der Waals surface area (Å²) in [4.78, 5) is 45.7. The zero-order valence-electron chi connectivity index (χ0n) is 26.2. The van der Waals surface area contributed by atoms with Gasteiger partial charge in [0.05, 0.1) is 6.04 Å². The lowest BCUT2D eigenvalue weighted by atomic mass is 10.0. The lowest BCUT2D eigenvalue weighted by molar-refractivity contribution is -0.140. The molecule has 0 aromatic heterocycles. The number of carboxylic acids is 2. The summed E-state index contributed by atoms with van der Waals surface area (Å²) in [5.41, 5.74) is 2.22. The number of aliphatic hydroxyl groups is 2. The molecular formula is C31H60N4O8. The second kappa shape index (κ2) is 28.5. The largest absolute Gasteiger partial charge is 0.481 e. The Kier molecular flexibility index (Phi) is 27.0. The smallest absolute Gasteiger partial charge is 0.322 e. The van der Waals surface area contributed by atoms with Crippen LogP contribution in [0.2, 0.25) is 0 Å². The van der Waals surface area contributed by atoms with Gasteiger partial charge in [0.25, 0.3) is 0 Å². The molecule has 0 rings (SSSR count). The SMILES string of the molecule is NNC(CCCCNC(=O)CCC(NC(=O)CCCCCCCCCCCCCCCCCCC(=O)O)C(O)O)C(=O)O. The second-order valence-electron chi connectivity index (χ2n) is 11.6. The number of rotatable bonds is 31. The molecule has 0 saturated heterocycles. The molecule has 0 fully saturated rings. The Morgan fingerprint density at radius 1 is 0.558 bits per heavy atom. The molecule has 0 aliphatic rings.